The van der Waals surface area contributed by atoms with Crippen molar-refractivity contribution >= 4 is 140 Å². The number of nitrogens with zero attached hydrogens (tertiary/aromatic N) is 4. The van der Waals surface area contributed by atoms with Crippen LogP contribution in [0.15, 0.2) is 267 Å². The molecule has 0 amide bonds. The summed E-state index contributed by atoms with van der Waals surface area (Å²) in [6.07, 6.45) is 3.62. The molecular formula is C76H44N4S. The van der Waals surface area contributed by atoms with Crippen molar-refractivity contribution in [1.29, 1.82) is 0 Å². The van der Waals surface area contributed by atoms with Gasteiger partial charge in [0.1, 0.15) is 0 Å². The predicted molar refractivity (Wildman–Crippen MR) is 345 cm³/mol. The minimum atomic E-state index is 0.909. The number of para-hydroxylation sites is 2. The molecule has 5 heteroatoms. The highest BCUT2D eigenvalue weighted by Gasteiger charge is 2.20. The van der Waals surface area contributed by atoms with Crippen molar-refractivity contribution in [3.63, 3.8) is 0 Å². The second-order valence-electron chi connectivity index (χ2n) is 21.6. The third-order valence-electron chi connectivity index (χ3n) is 17.3. The summed E-state index contributed by atoms with van der Waals surface area (Å²) in [7, 11) is 0. The van der Waals surface area contributed by atoms with Gasteiger partial charge in [0.15, 0.2) is 0 Å². The van der Waals surface area contributed by atoms with Gasteiger partial charge in [-0.25, -0.2) is 0 Å². The minimum absolute atomic E-state index is 0.909. The van der Waals surface area contributed by atoms with Crippen LogP contribution in [0.4, 0.5) is 0 Å². The minimum Gasteiger partial charge on any atom is -0.309 e. The standard InChI is InChI=1S/C76H44N4S/c1-2-15-55-53(13-1)54-14-3-4-17-57(54)64-40-45(25-30-58(55)64)48-37-49(46-26-31-59-56-16-5-6-21-63(56)75-76(68(59)42-46)78-36-35-77-75)39-50(38-48)47-27-32-71-65(41-47)66-43-51(79-69-22-10-7-18-60(69)61-19-8-11-23-70(61)79)28-33-72(66)80(71)52-29-34-74-67(44-52)62-20-9-12-24-73(62)81-74/h1-44H. The molecule has 374 valence electrons. The van der Waals surface area contributed by atoms with E-state index in [4.69, 9.17) is 9.97 Å². The van der Waals surface area contributed by atoms with E-state index in [9.17, 15) is 0 Å². The molecule has 0 unspecified atom stereocenters. The number of thiophene rings is 1. The number of fused-ring (bicyclic) bond motifs is 21. The molecule has 81 heavy (non-hydrogen) atoms. The zero-order valence-electron chi connectivity index (χ0n) is 43.6. The van der Waals surface area contributed by atoms with E-state index >= 15 is 0 Å². The maximum absolute atomic E-state index is 4.99. The molecule has 0 aliphatic carbocycles. The van der Waals surface area contributed by atoms with Gasteiger partial charge in [-0.15, -0.1) is 11.3 Å². The fraction of sp³-hybridized carbons (Fsp3) is 0. The van der Waals surface area contributed by atoms with Gasteiger partial charge in [-0.1, -0.05) is 158 Å². The van der Waals surface area contributed by atoms with Gasteiger partial charge in [0.25, 0.3) is 0 Å². The van der Waals surface area contributed by atoms with Crippen LogP contribution >= 0.6 is 11.3 Å². The Morgan fingerprint density at radius 3 is 1.20 bits per heavy atom. The Morgan fingerprint density at radius 2 is 0.593 bits per heavy atom. The first-order valence-electron chi connectivity index (χ1n) is 27.7. The molecule has 4 heterocycles. The highest BCUT2D eigenvalue weighted by atomic mass is 32.1. The predicted octanol–water partition coefficient (Wildman–Crippen LogP) is 21.0. The lowest BCUT2D eigenvalue weighted by Crippen LogP contribution is -1.95. The van der Waals surface area contributed by atoms with Crippen LogP contribution in [0, 0.1) is 0 Å². The molecule has 0 bridgehead atoms. The lowest BCUT2D eigenvalue weighted by Gasteiger charge is -2.15. The Kier molecular flexibility index (Phi) is 9.35. The normalized spacial score (nSPS) is 12.2. The van der Waals surface area contributed by atoms with Crippen molar-refractivity contribution in [3.05, 3.63) is 267 Å². The third kappa shape index (κ3) is 6.58. The summed E-state index contributed by atoms with van der Waals surface area (Å²) in [4.78, 5) is 9.90. The van der Waals surface area contributed by atoms with Crippen LogP contribution in [0.25, 0.3) is 173 Å². The molecule has 18 rings (SSSR count). The molecule has 0 aliphatic heterocycles. The summed E-state index contributed by atoms with van der Waals surface area (Å²) >= 11 is 1.86. The van der Waals surface area contributed by atoms with Crippen LogP contribution in [0.3, 0.4) is 0 Å². The molecule has 0 fully saturated rings. The molecule has 0 atom stereocenters. The Bertz CT molecular complexity index is 5440. The first-order valence-corrected chi connectivity index (χ1v) is 28.5. The summed E-state index contributed by atoms with van der Waals surface area (Å²) in [5, 5.41) is 19.6. The average Bonchev–Trinajstić information content (AvgIpc) is 4.38. The average molecular weight is 1050 g/mol. The van der Waals surface area contributed by atoms with Crippen LogP contribution in [-0.2, 0) is 0 Å². The number of benzene rings is 14. The van der Waals surface area contributed by atoms with Crippen LogP contribution in [-0.4, -0.2) is 19.1 Å². The van der Waals surface area contributed by atoms with E-state index in [1.54, 1.807) is 6.20 Å². The summed E-state index contributed by atoms with van der Waals surface area (Å²) in [6, 6.07) is 95.0. The van der Waals surface area contributed by atoms with Crippen LogP contribution in [0.5, 0.6) is 0 Å². The Balaban J connectivity index is 0.895. The maximum atomic E-state index is 4.99. The van der Waals surface area contributed by atoms with E-state index in [2.05, 4.69) is 264 Å². The van der Waals surface area contributed by atoms with Gasteiger partial charge in [-0.3, -0.25) is 9.97 Å². The second kappa shape index (κ2) is 17.0. The van der Waals surface area contributed by atoms with Gasteiger partial charge in [-0.2, -0.15) is 0 Å². The molecule has 4 aromatic heterocycles. The van der Waals surface area contributed by atoms with Gasteiger partial charge < -0.3 is 9.13 Å². The molecule has 0 radical (unpaired) electrons. The first-order chi connectivity index (χ1) is 40.1. The van der Waals surface area contributed by atoms with E-state index in [1.165, 1.54) is 101 Å². The Morgan fingerprint density at radius 1 is 0.222 bits per heavy atom. The molecule has 0 spiro atoms. The molecule has 0 aliphatic rings. The molecular weight excluding hydrogens is 1000 g/mol. The summed E-state index contributed by atoms with van der Waals surface area (Å²) < 4.78 is 7.51. The lowest BCUT2D eigenvalue weighted by molar-refractivity contribution is 1.17. The largest absolute Gasteiger partial charge is 0.309 e. The van der Waals surface area contributed by atoms with E-state index < -0.39 is 0 Å². The van der Waals surface area contributed by atoms with Gasteiger partial charge in [0, 0.05) is 76.3 Å². The second-order valence-corrected chi connectivity index (χ2v) is 22.7. The quantitative estimate of drug-likeness (QED) is 0.161. The third-order valence-corrected chi connectivity index (χ3v) is 18.5. The van der Waals surface area contributed by atoms with Gasteiger partial charge in [0.2, 0.25) is 0 Å². The highest BCUT2D eigenvalue weighted by Crippen LogP contribution is 2.44. The molecule has 14 aromatic carbocycles. The van der Waals surface area contributed by atoms with Crippen molar-refractivity contribution in [2.75, 3.05) is 0 Å². The van der Waals surface area contributed by atoms with Crippen LogP contribution < -0.4 is 0 Å². The zero-order valence-corrected chi connectivity index (χ0v) is 44.4. The van der Waals surface area contributed by atoms with E-state index in [-0.39, 0.29) is 0 Å². The number of hydrogen-bond donors (Lipinski definition) is 0. The zero-order chi connectivity index (χ0) is 52.9. The van der Waals surface area contributed by atoms with E-state index in [1.807, 2.05) is 17.5 Å². The van der Waals surface area contributed by atoms with E-state index in [0.717, 1.165) is 72.0 Å². The van der Waals surface area contributed by atoms with Gasteiger partial charge in [-0.05, 0) is 174 Å². The Labute approximate surface area is 468 Å². The first kappa shape index (κ1) is 44.5. The van der Waals surface area contributed by atoms with Crippen molar-refractivity contribution in [2.45, 2.75) is 0 Å². The lowest BCUT2D eigenvalue weighted by atomic mass is 9.89. The summed E-state index contributed by atoms with van der Waals surface area (Å²) in [5.41, 5.74) is 15.7. The van der Waals surface area contributed by atoms with Crippen molar-refractivity contribution < 1.29 is 0 Å². The molecule has 0 N–H and O–H groups in total. The number of rotatable bonds is 5. The van der Waals surface area contributed by atoms with Crippen LogP contribution in [0.2, 0.25) is 0 Å². The SMILES string of the molecule is c1ccc2c(c1)sc1ccc(-n3c4ccc(-c5cc(-c6ccc7c8ccccc8c8ccccc8c7c6)cc(-c6ccc7c8ccccc8c8nccnc8c7c6)c5)cc4c4cc(-n5c6ccccc6c6ccccc65)ccc43)cc12. The number of aromatic nitrogens is 4. The molecule has 4 nitrogen and oxygen atoms in total. The summed E-state index contributed by atoms with van der Waals surface area (Å²) in [5.74, 6) is 0. The van der Waals surface area contributed by atoms with Gasteiger partial charge in [0.05, 0.1) is 33.1 Å². The smallest absolute Gasteiger partial charge is 0.0971 e. The molecule has 0 saturated heterocycles. The van der Waals surface area contributed by atoms with Crippen LogP contribution in [0.1, 0.15) is 0 Å². The summed E-state index contributed by atoms with van der Waals surface area (Å²) in [6.45, 7) is 0. The van der Waals surface area contributed by atoms with E-state index in [0.29, 0.717) is 0 Å². The van der Waals surface area contributed by atoms with Crippen molar-refractivity contribution in [1.82, 2.24) is 19.1 Å². The topological polar surface area (TPSA) is 35.6 Å². The molecule has 18 aromatic rings. The van der Waals surface area contributed by atoms with Crippen molar-refractivity contribution in [3.8, 4) is 44.8 Å². The number of hydrogen-bond acceptors (Lipinski definition) is 3. The maximum Gasteiger partial charge on any atom is 0.0971 e. The van der Waals surface area contributed by atoms with Gasteiger partial charge >= 0.3 is 0 Å². The highest BCUT2D eigenvalue weighted by molar-refractivity contribution is 7.25. The fourth-order valence-electron chi connectivity index (χ4n) is 13.7. The van der Waals surface area contributed by atoms with Crippen molar-refractivity contribution in [2.24, 2.45) is 0 Å². The fourth-order valence-corrected chi connectivity index (χ4v) is 14.8. The monoisotopic (exact) mass is 1040 g/mol. The Hall–Kier alpha value is -10.5. The molecule has 0 saturated carbocycles.